The van der Waals surface area contributed by atoms with Crippen LogP contribution in [-0.4, -0.2) is 17.0 Å². The lowest BCUT2D eigenvalue weighted by molar-refractivity contribution is 0.0937. The molecule has 28 heavy (non-hydrogen) atoms. The monoisotopic (exact) mass is 412 g/mol. The van der Waals surface area contributed by atoms with Crippen molar-refractivity contribution in [1.82, 2.24) is 10.3 Å². The number of carbonyl (C=O) groups is 1. The van der Waals surface area contributed by atoms with Crippen molar-refractivity contribution < 1.29 is 9.53 Å². The van der Waals surface area contributed by atoms with Crippen LogP contribution in [0.5, 0.6) is 5.75 Å². The second kappa shape index (κ2) is 9.75. The number of nitrogens with one attached hydrogen (secondary N) is 1. The number of amides is 1. The molecular weight excluding hydrogens is 388 g/mol. The molecule has 6 heteroatoms. The first-order chi connectivity index (χ1) is 13.5. The van der Waals surface area contributed by atoms with Gasteiger partial charge in [-0.1, -0.05) is 24.3 Å². The Morgan fingerprint density at radius 3 is 2.57 bits per heavy atom. The molecule has 0 spiro atoms. The maximum absolute atomic E-state index is 12.9. The van der Waals surface area contributed by atoms with Gasteiger partial charge in [-0.15, -0.1) is 23.1 Å². The second-order valence-corrected chi connectivity index (χ2v) is 8.43. The van der Waals surface area contributed by atoms with E-state index in [-0.39, 0.29) is 18.1 Å². The number of aromatic nitrogens is 1. The van der Waals surface area contributed by atoms with Gasteiger partial charge in [-0.2, -0.15) is 0 Å². The quantitative estimate of drug-likeness (QED) is 0.481. The highest BCUT2D eigenvalue weighted by molar-refractivity contribution is 7.98. The Morgan fingerprint density at radius 2 is 1.89 bits per heavy atom. The fourth-order valence-electron chi connectivity index (χ4n) is 2.71. The van der Waals surface area contributed by atoms with Crippen LogP contribution >= 0.6 is 23.1 Å². The Balaban J connectivity index is 1.65. The third-order valence-electron chi connectivity index (χ3n) is 4.09. The molecule has 0 saturated heterocycles. The summed E-state index contributed by atoms with van der Waals surface area (Å²) >= 11 is 3.21. The van der Waals surface area contributed by atoms with Gasteiger partial charge in [0.15, 0.2) is 0 Å². The molecule has 0 aliphatic heterocycles. The van der Waals surface area contributed by atoms with Crippen LogP contribution in [0.25, 0.3) is 0 Å². The number of hydrogen-bond acceptors (Lipinski definition) is 5. The molecule has 1 N–H and O–H groups in total. The third-order valence-corrected chi connectivity index (χ3v) is 5.83. The number of thiazole rings is 1. The molecule has 3 rings (SSSR count). The van der Waals surface area contributed by atoms with Crippen molar-refractivity contribution in [2.24, 2.45) is 0 Å². The lowest BCUT2D eigenvalue weighted by Gasteiger charge is -2.17. The second-order valence-electron chi connectivity index (χ2n) is 6.70. The van der Waals surface area contributed by atoms with Gasteiger partial charge in [-0.25, -0.2) is 4.98 Å². The van der Waals surface area contributed by atoms with Crippen molar-refractivity contribution in [2.45, 2.75) is 43.6 Å². The molecule has 1 amide bonds. The molecule has 1 unspecified atom stereocenters. The average Bonchev–Trinajstić information content (AvgIpc) is 3.20. The Kier molecular flexibility index (Phi) is 7.12. The molecule has 1 aromatic heterocycles. The topological polar surface area (TPSA) is 51.2 Å². The minimum atomic E-state index is -0.0998. The van der Waals surface area contributed by atoms with Gasteiger partial charge in [0.05, 0.1) is 28.9 Å². The van der Waals surface area contributed by atoms with Gasteiger partial charge < -0.3 is 10.1 Å². The molecule has 0 aliphatic rings. The van der Waals surface area contributed by atoms with Crippen LogP contribution in [0.15, 0.2) is 64.3 Å². The third kappa shape index (κ3) is 5.59. The predicted octanol–water partition coefficient (Wildman–Crippen LogP) is 5.71. The van der Waals surface area contributed by atoms with E-state index in [9.17, 15) is 4.79 Å². The molecule has 1 atom stereocenters. The Bertz CT molecular complexity index is 893. The van der Waals surface area contributed by atoms with Crippen molar-refractivity contribution in [3.8, 4) is 5.75 Å². The molecule has 0 aliphatic carbocycles. The van der Waals surface area contributed by atoms with E-state index in [1.807, 2.05) is 80.2 Å². The highest BCUT2D eigenvalue weighted by Crippen LogP contribution is 2.27. The predicted molar refractivity (Wildman–Crippen MR) is 116 cm³/mol. The highest BCUT2D eigenvalue weighted by Gasteiger charge is 2.15. The molecule has 3 aromatic rings. The molecule has 0 bridgehead atoms. The standard InChI is InChI=1S/C22H24N2O2S2/c1-15(2)26-19-10-8-17(9-11-19)16(3)24-22(25)20-6-4-5-7-21(20)28-13-18-12-27-14-23-18/h4-12,14-16H,13H2,1-3H3,(H,24,25). The molecule has 4 nitrogen and oxygen atoms in total. The van der Waals surface area contributed by atoms with Crippen molar-refractivity contribution in [2.75, 3.05) is 0 Å². The van der Waals surface area contributed by atoms with Crippen LogP contribution < -0.4 is 10.1 Å². The number of rotatable bonds is 8. The Labute approximate surface area is 174 Å². The SMILES string of the molecule is CC(C)Oc1ccc(C(C)NC(=O)c2ccccc2SCc2cscn2)cc1. The number of thioether (sulfide) groups is 1. The number of carbonyl (C=O) groups excluding carboxylic acids is 1. The zero-order valence-corrected chi connectivity index (χ0v) is 17.8. The molecular formula is C22H24N2O2S2. The zero-order valence-electron chi connectivity index (χ0n) is 16.2. The number of hydrogen-bond donors (Lipinski definition) is 1. The summed E-state index contributed by atoms with van der Waals surface area (Å²) in [7, 11) is 0. The minimum Gasteiger partial charge on any atom is -0.491 e. The lowest BCUT2D eigenvalue weighted by Crippen LogP contribution is -2.27. The van der Waals surface area contributed by atoms with Gasteiger partial charge in [0.1, 0.15) is 5.75 Å². The summed E-state index contributed by atoms with van der Waals surface area (Å²) in [5.74, 6) is 1.51. The zero-order chi connectivity index (χ0) is 19.9. The molecule has 146 valence electrons. The first-order valence-electron chi connectivity index (χ1n) is 9.19. The number of ether oxygens (including phenoxy) is 1. The van der Waals surface area contributed by atoms with Crippen LogP contribution in [0.3, 0.4) is 0 Å². The Hall–Kier alpha value is -2.31. The van der Waals surface area contributed by atoms with Gasteiger partial charge in [0.25, 0.3) is 5.91 Å². The summed E-state index contributed by atoms with van der Waals surface area (Å²) in [4.78, 5) is 18.1. The molecule has 0 fully saturated rings. The van der Waals surface area contributed by atoms with Crippen LogP contribution in [0, 0.1) is 0 Å². The van der Waals surface area contributed by atoms with Gasteiger partial charge in [-0.05, 0) is 50.6 Å². The van der Waals surface area contributed by atoms with Crippen molar-refractivity contribution >= 4 is 29.0 Å². The van der Waals surface area contributed by atoms with Crippen LogP contribution in [0.4, 0.5) is 0 Å². The number of nitrogens with zero attached hydrogens (tertiary/aromatic N) is 1. The largest absolute Gasteiger partial charge is 0.491 e. The summed E-state index contributed by atoms with van der Waals surface area (Å²) in [6.45, 7) is 5.99. The smallest absolute Gasteiger partial charge is 0.252 e. The van der Waals surface area contributed by atoms with Gasteiger partial charge >= 0.3 is 0 Å². The molecule has 1 heterocycles. The Morgan fingerprint density at radius 1 is 1.14 bits per heavy atom. The van der Waals surface area contributed by atoms with Crippen molar-refractivity contribution in [3.05, 3.63) is 76.2 Å². The fraction of sp³-hybridized carbons (Fsp3) is 0.273. The van der Waals surface area contributed by atoms with E-state index in [4.69, 9.17) is 4.74 Å². The summed E-state index contributed by atoms with van der Waals surface area (Å²) < 4.78 is 5.68. The average molecular weight is 413 g/mol. The minimum absolute atomic E-state index is 0.0728. The van der Waals surface area contributed by atoms with E-state index in [2.05, 4.69) is 10.3 Å². The molecule has 2 aromatic carbocycles. The maximum atomic E-state index is 12.9. The molecule has 0 saturated carbocycles. The summed E-state index contributed by atoms with van der Waals surface area (Å²) in [6.07, 6.45) is 0.140. The van der Waals surface area contributed by atoms with Crippen molar-refractivity contribution in [3.63, 3.8) is 0 Å². The van der Waals surface area contributed by atoms with E-state index < -0.39 is 0 Å². The first kappa shape index (κ1) is 20.4. The van der Waals surface area contributed by atoms with Crippen molar-refractivity contribution in [1.29, 1.82) is 0 Å². The molecule has 0 radical (unpaired) electrons. The van der Waals surface area contributed by atoms with E-state index >= 15 is 0 Å². The maximum Gasteiger partial charge on any atom is 0.252 e. The van der Waals surface area contributed by atoms with Crippen LogP contribution in [0.1, 0.15) is 48.4 Å². The van der Waals surface area contributed by atoms with Gasteiger partial charge in [-0.3, -0.25) is 4.79 Å². The van der Waals surface area contributed by atoms with E-state index in [0.29, 0.717) is 5.56 Å². The highest BCUT2D eigenvalue weighted by atomic mass is 32.2. The first-order valence-corrected chi connectivity index (χ1v) is 11.1. The van der Waals surface area contributed by atoms with E-state index in [0.717, 1.165) is 27.7 Å². The van der Waals surface area contributed by atoms with Crippen LogP contribution in [-0.2, 0) is 5.75 Å². The van der Waals surface area contributed by atoms with Crippen LogP contribution in [0.2, 0.25) is 0 Å². The summed E-state index contributed by atoms with van der Waals surface area (Å²) in [5, 5.41) is 5.13. The number of benzene rings is 2. The fourth-order valence-corrected chi connectivity index (χ4v) is 4.32. The van der Waals surface area contributed by atoms with E-state index in [1.165, 1.54) is 0 Å². The van der Waals surface area contributed by atoms with E-state index in [1.54, 1.807) is 23.1 Å². The van der Waals surface area contributed by atoms with Gasteiger partial charge in [0, 0.05) is 16.0 Å². The lowest BCUT2D eigenvalue weighted by atomic mass is 10.1. The normalized spacial score (nSPS) is 12.0. The summed E-state index contributed by atoms with van der Waals surface area (Å²) in [6, 6.07) is 15.5. The van der Waals surface area contributed by atoms with Gasteiger partial charge in [0.2, 0.25) is 0 Å². The summed E-state index contributed by atoms with van der Waals surface area (Å²) in [5.41, 5.74) is 4.59.